The summed E-state index contributed by atoms with van der Waals surface area (Å²) in [5, 5.41) is 4.06. The molecule has 0 spiro atoms. The van der Waals surface area contributed by atoms with Crippen LogP contribution < -0.4 is 10.6 Å². The van der Waals surface area contributed by atoms with E-state index in [0.717, 1.165) is 11.8 Å². The zero-order valence-electron chi connectivity index (χ0n) is 18.8. The summed E-state index contributed by atoms with van der Waals surface area (Å²) in [5.41, 5.74) is 0.0209. The number of thioether (sulfide) groups is 1. The number of benzene rings is 4. The van der Waals surface area contributed by atoms with Gasteiger partial charge in [-0.3, -0.25) is 9.59 Å². The molecule has 1 atom stereocenters. The number of carbonyl (C=O) groups is 2. The van der Waals surface area contributed by atoms with E-state index in [1.165, 1.54) is 6.07 Å². The third-order valence-corrected chi connectivity index (χ3v) is 6.62. The Morgan fingerprint density at radius 3 is 2.11 bits per heavy atom. The van der Waals surface area contributed by atoms with Crippen molar-refractivity contribution in [3.8, 4) is 0 Å². The molecule has 4 rings (SSSR count). The molecule has 0 aliphatic heterocycles. The summed E-state index contributed by atoms with van der Waals surface area (Å²) in [6, 6.07) is 21.3. The molecule has 0 fully saturated rings. The third kappa shape index (κ3) is 6.31. The molecule has 1 unspecified atom stereocenters. The number of hydrogen-bond donors (Lipinski definition) is 2. The summed E-state index contributed by atoms with van der Waals surface area (Å²) in [7, 11) is 0. The van der Waals surface area contributed by atoms with Crippen LogP contribution in [-0.4, -0.2) is 11.8 Å². The van der Waals surface area contributed by atoms with E-state index in [2.05, 4.69) is 5.32 Å². The molecule has 0 aliphatic carbocycles. The lowest BCUT2D eigenvalue weighted by atomic mass is 10.1. The SMILES string of the molecule is O=C(Nc1cccc(SC(C(=O)Nc2c(F)c(F)cc(F)c2F)c2ccccc2)c1)c1cccc(Cl)c1. The number of anilines is 2. The van der Waals surface area contributed by atoms with Crippen LogP contribution in [0.3, 0.4) is 0 Å². The number of nitrogens with one attached hydrogen (secondary N) is 2. The lowest BCUT2D eigenvalue weighted by Crippen LogP contribution is -2.21. The Morgan fingerprint density at radius 2 is 1.43 bits per heavy atom. The van der Waals surface area contributed by atoms with Gasteiger partial charge in [0.1, 0.15) is 10.9 Å². The average molecular weight is 545 g/mol. The van der Waals surface area contributed by atoms with Gasteiger partial charge in [0.05, 0.1) is 0 Å². The van der Waals surface area contributed by atoms with Crippen molar-refractivity contribution < 1.29 is 27.2 Å². The van der Waals surface area contributed by atoms with Crippen molar-refractivity contribution in [3.05, 3.63) is 124 Å². The molecule has 4 aromatic rings. The molecule has 10 heteroatoms. The van der Waals surface area contributed by atoms with E-state index < -0.39 is 46.0 Å². The van der Waals surface area contributed by atoms with E-state index in [0.29, 0.717) is 26.7 Å². The zero-order valence-corrected chi connectivity index (χ0v) is 20.3. The number of rotatable bonds is 7. The molecular weight excluding hydrogens is 528 g/mol. The molecule has 0 bridgehead atoms. The van der Waals surface area contributed by atoms with Crippen LogP contribution in [0.1, 0.15) is 21.2 Å². The van der Waals surface area contributed by atoms with Gasteiger partial charge in [-0.25, -0.2) is 17.6 Å². The minimum Gasteiger partial charge on any atom is -0.322 e. The van der Waals surface area contributed by atoms with Crippen molar-refractivity contribution in [2.24, 2.45) is 0 Å². The molecule has 0 radical (unpaired) electrons. The van der Waals surface area contributed by atoms with Crippen LogP contribution in [-0.2, 0) is 4.79 Å². The van der Waals surface area contributed by atoms with Gasteiger partial charge < -0.3 is 10.6 Å². The van der Waals surface area contributed by atoms with Crippen LogP contribution in [0, 0.1) is 23.3 Å². The Kier molecular flexibility index (Phi) is 8.15. The molecule has 4 aromatic carbocycles. The molecule has 37 heavy (non-hydrogen) atoms. The van der Waals surface area contributed by atoms with Gasteiger partial charge in [0.2, 0.25) is 5.91 Å². The van der Waals surface area contributed by atoms with Crippen molar-refractivity contribution in [2.45, 2.75) is 10.1 Å². The van der Waals surface area contributed by atoms with Crippen molar-refractivity contribution >= 4 is 46.6 Å². The maximum Gasteiger partial charge on any atom is 0.255 e. The molecule has 0 aromatic heterocycles. The summed E-state index contributed by atoms with van der Waals surface area (Å²) in [6.07, 6.45) is 0. The standard InChI is InChI=1S/C27H17ClF4N2O2S/c28-17-9-4-8-16(12-17)26(35)33-18-10-5-11-19(13-18)37-25(15-6-2-1-3-7-15)27(36)34-24-22(31)20(29)14-21(30)23(24)32/h1-14,25H,(H,33,35)(H,34,36). The van der Waals surface area contributed by atoms with E-state index in [9.17, 15) is 27.2 Å². The summed E-state index contributed by atoms with van der Waals surface area (Å²) in [4.78, 5) is 26.2. The number of amides is 2. The van der Waals surface area contributed by atoms with Gasteiger partial charge in [-0.15, -0.1) is 11.8 Å². The van der Waals surface area contributed by atoms with Gasteiger partial charge in [0, 0.05) is 27.2 Å². The molecule has 2 amide bonds. The minimum absolute atomic E-state index is 0.0624. The largest absolute Gasteiger partial charge is 0.322 e. The maximum atomic E-state index is 14.2. The van der Waals surface area contributed by atoms with Gasteiger partial charge in [-0.2, -0.15) is 0 Å². The smallest absolute Gasteiger partial charge is 0.255 e. The Labute approximate surface area is 218 Å². The molecule has 0 saturated carbocycles. The first-order chi connectivity index (χ1) is 17.7. The van der Waals surface area contributed by atoms with Gasteiger partial charge in [-0.1, -0.05) is 54.1 Å². The molecule has 4 nitrogen and oxygen atoms in total. The maximum absolute atomic E-state index is 14.2. The second-order valence-corrected chi connectivity index (χ2v) is 9.35. The van der Waals surface area contributed by atoms with Gasteiger partial charge >= 0.3 is 0 Å². The first-order valence-corrected chi connectivity index (χ1v) is 12.0. The predicted molar refractivity (Wildman–Crippen MR) is 136 cm³/mol. The van der Waals surface area contributed by atoms with Crippen LogP contribution in [0.4, 0.5) is 28.9 Å². The van der Waals surface area contributed by atoms with E-state index in [1.54, 1.807) is 72.8 Å². The molecular formula is C27H17ClF4N2O2S. The number of halogens is 5. The van der Waals surface area contributed by atoms with Crippen LogP contribution in [0.25, 0.3) is 0 Å². The number of carbonyl (C=O) groups excluding carboxylic acids is 2. The highest BCUT2D eigenvalue weighted by atomic mass is 35.5. The second-order valence-electron chi connectivity index (χ2n) is 7.73. The molecule has 0 heterocycles. The molecule has 188 valence electrons. The van der Waals surface area contributed by atoms with Crippen LogP contribution in [0.15, 0.2) is 89.8 Å². The van der Waals surface area contributed by atoms with Gasteiger partial charge in [0.25, 0.3) is 5.91 Å². The van der Waals surface area contributed by atoms with Gasteiger partial charge in [0.15, 0.2) is 23.3 Å². The van der Waals surface area contributed by atoms with Crippen molar-refractivity contribution in [3.63, 3.8) is 0 Å². The Bertz CT molecular complexity index is 1440. The zero-order chi connectivity index (χ0) is 26.5. The third-order valence-electron chi connectivity index (χ3n) is 5.13. The normalized spacial score (nSPS) is 11.6. The lowest BCUT2D eigenvalue weighted by Gasteiger charge is -2.18. The van der Waals surface area contributed by atoms with Crippen LogP contribution in [0.2, 0.25) is 5.02 Å². The van der Waals surface area contributed by atoms with E-state index in [1.807, 2.05) is 5.32 Å². The summed E-state index contributed by atoms with van der Waals surface area (Å²) < 4.78 is 55.7. The Hall–Kier alpha value is -3.82. The molecule has 2 N–H and O–H groups in total. The van der Waals surface area contributed by atoms with Crippen molar-refractivity contribution in [2.75, 3.05) is 10.6 Å². The summed E-state index contributed by atoms with van der Waals surface area (Å²) in [5.74, 6) is -8.01. The molecule has 0 saturated heterocycles. The fourth-order valence-electron chi connectivity index (χ4n) is 3.39. The van der Waals surface area contributed by atoms with E-state index in [-0.39, 0.29) is 6.07 Å². The molecule has 0 aliphatic rings. The van der Waals surface area contributed by atoms with Crippen LogP contribution >= 0.6 is 23.4 Å². The minimum atomic E-state index is -1.71. The first kappa shape index (κ1) is 26.2. The fraction of sp³-hybridized carbons (Fsp3) is 0.0370. The predicted octanol–water partition coefficient (Wildman–Crippen LogP) is 7.62. The second kappa shape index (κ2) is 11.5. The summed E-state index contributed by atoms with van der Waals surface area (Å²) in [6.45, 7) is 0. The number of hydrogen-bond acceptors (Lipinski definition) is 3. The topological polar surface area (TPSA) is 58.2 Å². The highest BCUT2D eigenvalue weighted by Gasteiger charge is 2.27. The van der Waals surface area contributed by atoms with E-state index >= 15 is 0 Å². The van der Waals surface area contributed by atoms with E-state index in [4.69, 9.17) is 11.6 Å². The van der Waals surface area contributed by atoms with Gasteiger partial charge in [-0.05, 0) is 42.0 Å². The average Bonchev–Trinajstić information content (AvgIpc) is 2.89. The Balaban J connectivity index is 1.60. The van der Waals surface area contributed by atoms with Crippen molar-refractivity contribution in [1.82, 2.24) is 0 Å². The summed E-state index contributed by atoms with van der Waals surface area (Å²) >= 11 is 6.96. The highest BCUT2D eigenvalue weighted by molar-refractivity contribution is 8.00. The monoisotopic (exact) mass is 544 g/mol. The Morgan fingerprint density at radius 1 is 0.757 bits per heavy atom. The highest BCUT2D eigenvalue weighted by Crippen LogP contribution is 2.38. The lowest BCUT2D eigenvalue weighted by molar-refractivity contribution is -0.115. The van der Waals surface area contributed by atoms with Crippen LogP contribution in [0.5, 0.6) is 0 Å². The fourth-order valence-corrected chi connectivity index (χ4v) is 4.66. The first-order valence-electron chi connectivity index (χ1n) is 10.8. The van der Waals surface area contributed by atoms with Crippen molar-refractivity contribution in [1.29, 1.82) is 0 Å². The quantitative estimate of drug-likeness (QED) is 0.143.